The van der Waals surface area contributed by atoms with Gasteiger partial charge in [-0.3, -0.25) is 0 Å². The molecule has 1 saturated heterocycles. The van der Waals surface area contributed by atoms with E-state index in [2.05, 4.69) is 0 Å². The smallest absolute Gasteiger partial charge is 0.415 e. The fourth-order valence-electron chi connectivity index (χ4n) is 1.66. The molecule has 0 aromatic heterocycles. The van der Waals surface area contributed by atoms with E-state index in [4.69, 9.17) is 20.6 Å². The third kappa shape index (κ3) is 3.86. The van der Waals surface area contributed by atoms with Gasteiger partial charge in [-0.1, -0.05) is 0 Å². The first-order chi connectivity index (χ1) is 8.57. The van der Waals surface area contributed by atoms with Gasteiger partial charge in [-0.25, -0.2) is 14.5 Å². The lowest BCUT2D eigenvalue weighted by Gasteiger charge is -2.34. The summed E-state index contributed by atoms with van der Waals surface area (Å²) in [4.78, 5) is 24.5. The molecule has 1 atom stereocenters. The number of hydrogen-bond donors (Lipinski definition) is 0. The molecule has 1 amide bonds. The number of rotatable bonds is 1. The molecule has 1 rings (SSSR count). The Hall–Kier alpha value is -1.74. The zero-order chi connectivity index (χ0) is 14.8. The lowest BCUT2D eigenvalue weighted by Crippen LogP contribution is -2.51. The zero-order valence-corrected chi connectivity index (χ0v) is 11.9. The van der Waals surface area contributed by atoms with Crippen molar-refractivity contribution in [3.63, 3.8) is 0 Å². The van der Waals surface area contributed by atoms with E-state index in [9.17, 15) is 9.59 Å². The maximum Gasteiger partial charge on any atom is 0.415 e. The third-order valence-electron chi connectivity index (χ3n) is 2.40. The Morgan fingerprint density at radius 2 is 2.00 bits per heavy atom. The summed E-state index contributed by atoms with van der Waals surface area (Å²) in [6, 6.07) is 0. The second-order valence-corrected chi connectivity index (χ2v) is 5.61. The van der Waals surface area contributed by atoms with Crippen LogP contribution in [0.3, 0.4) is 0 Å². The number of hydrogen-bond acceptors (Lipinski definition) is 5. The highest BCUT2D eigenvalue weighted by atomic mass is 16.6. The summed E-state index contributed by atoms with van der Waals surface area (Å²) in [5, 5.41) is 0. The van der Waals surface area contributed by atoms with Crippen LogP contribution in [0.25, 0.3) is 0 Å². The molecule has 0 aliphatic carbocycles. The van der Waals surface area contributed by atoms with Gasteiger partial charge in [0.25, 0.3) is 0 Å². The maximum atomic E-state index is 12.1. The van der Waals surface area contributed by atoms with Crippen molar-refractivity contribution in [3.8, 4) is 12.3 Å². The first-order valence-corrected chi connectivity index (χ1v) is 5.90. The van der Waals surface area contributed by atoms with Crippen LogP contribution in [0.4, 0.5) is 4.79 Å². The highest BCUT2D eigenvalue weighted by molar-refractivity contribution is 5.88. The fourth-order valence-corrected chi connectivity index (χ4v) is 1.66. The molecule has 1 fully saturated rings. The molecule has 19 heavy (non-hydrogen) atoms. The largest absolute Gasteiger partial charge is 0.444 e. The molecule has 0 radical (unpaired) electrons. The number of carbonyl (C=O) groups excluding carboxylic acids is 2. The van der Waals surface area contributed by atoms with Gasteiger partial charge < -0.3 is 14.2 Å². The van der Waals surface area contributed by atoms with Crippen molar-refractivity contribution in [2.24, 2.45) is 0 Å². The molecule has 6 nitrogen and oxygen atoms in total. The minimum atomic E-state index is -0.929. The Morgan fingerprint density at radius 3 is 2.47 bits per heavy atom. The van der Waals surface area contributed by atoms with Gasteiger partial charge in [-0.15, -0.1) is 6.42 Å². The molecule has 0 aromatic rings. The van der Waals surface area contributed by atoms with Gasteiger partial charge in [-0.05, 0) is 34.6 Å². The highest BCUT2D eigenvalue weighted by Crippen LogP contribution is 2.29. The van der Waals surface area contributed by atoms with Crippen LogP contribution in [-0.4, -0.2) is 41.1 Å². The molecule has 0 unspecified atom stereocenters. The Balaban J connectivity index is 2.87. The van der Waals surface area contributed by atoms with Gasteiger partial charge in [0.1, 0.15) is 17.9 Å². The molecule has 0 bridgehead atoms. The van der Waals surface area contributed by atoms with Gasteiger partial charge in [0.05, 0.1) is 0 Å². The van der Waals surface area contributed by atoms with Gasteiger partial charge in [-0.2, -0.15) is 0 Å². The molecule has 1 heterocycles. The number of carbonyl (C=O) groups is 2. The van der Waals surface area contributed by atoms with E-state index in [0.717, 1.165) is 0 Å². The second-order valence-electron chi connectivity index (χ2n) is 5.61. The third-order valence-corrected chi connectivity index (χ3v) is 2.40. The molecule has 0 saturated carbocycles. The average Bonchev–Trinajstić information content (AvgIpc) is 2.51. The molecule has 106 valence electrons. The number of amides is 1. The van der Waals surface area contributed by atoms with E-state index in [1.165, 1.54) is 4.90 Å². The molecule has 1 aliphatic heterocycles. The monoisotopic (exact) mass is 269 g/mol. The first-order valence-electron chi connectivity index (χ1n) is 5.90. The standard InChI is InChI=1S/C13H19NO5/c1-7-10(15)18-9-8-17-13(5,6)14(9)11(16)19-12(2,3)4/h1,9H,8H2,2-6H3/t9-/m1/s1. The summed E-state index contributed by atoms with van der Waals surface area (Å²) in [5.41, 5.74) is -1.59. The van der Waals surface area contributed by atoms with E-state index in [1.54, 1.807) is 34.6 Å². The number of terminal acetylenes is 1. The summed E-state index contributed by atoms with van der Waals surface area (Å²) in [6.07, 6.45) is 3.44. The lowest BCUT2D eigenvalue weighted by molar-refractivity contribution is -0.149. The quantitative estimate of drug-likeness (QED) is 0.410. The van der Waals surface area contributed by atoms with Crippen molar-refractivity contribution in [1.29, 1.82) is 0 Å². The SMILES string of the molecule is C#CC(=O)O[C@@H]1COC(C)(C)N1C(=O)OC(C)(C)C. The zero-order valence-electron chi connectivity index (χ0n) is 11.9. The predicted molar refractivity (Wildman–Crippen MR) is 66.8 cm³/mol. The number of ether oxygens (including phenoxy) is 3. The predicted octanol–water partition coefficient (Wildman–Crippen LogP) is 1.49. The van der Waals surface area contributed by atoms with E-state index in [0.29, 0.717) is 0 Å². The van der Waals surface area contributed by atoms with Crippen molar-refractivity contribution in [2.75, 3.05) is 6.61 Å². The Morgan fingerprint density at radius 1 is 1.42 bits per heavy atom. The second kappa shape index (κ2) is 5.10. The molecule has 0 N–H and O–H groups in total. The van der Waals surface area contributed by atoms with Gasteiger partial charge in [0.15, 0.2) is 0 Å². The van der Waals surface area contributed by atoms with Crippen LogP contribution in [0.2, 0.25) is 0 Å². The Bertz CT molecular complexity index is 416. The fraction of sp³-hybridized carbons (Fsp3) is 0.692. The summed E-state index contributed by atoms with van der Waals surface area (Å²) < 4.78 is 15.7. The summed E-state index contributed by atoms with van der Waals surface area (Å²) in [5.74, 6) is 0.984. The van der Waals surface area contributed by atoms with Crippen LogP contribution in [0.5, 0.6) is 0 Å². The van der Waals surface area contributed by atoms with E-state index in [-0.39, 0.29) is 6.61 Å². The lowest BCUT2D eigenvalue weighted by atomic mass is 10.2. The van der Waals surface area contributed by atoms with Crippen molar-refractivity contribution in [3.05, 3.63) is 0 Å². The molecule has 1 aliphatic rings. The van der Waals surface area contributed by atoms with E-state index in [1.807, 2.05) is 5.92 Å². The minimum absolute atomic E-state index is 0.0552. The van der Waals surface area contributed by atoms with E-state index < -0.39 is 29.6 Å². The minimum Gasteiger partial charge on any atom is -0.444 e. The van der Waals surface area contributed by atoms with Crippen LogP contribution in [0.1, 0.15) is 34.6 Å². The normalized spacial score (nSPS) is 21.7. The van der Waals surface area contributed by atoms with Crippen molar-refractivity contribution >= 4 is 12.1 Å². The molecular formula is C13H19NO5. The number of esters is 1. The molecule has 0 spiro atoms. The Kier molecular flexibility index (Phi) is 4.11. The van der Waals surface area contributed by atoms with Gasteiger partial charge in [0, 0.05) is 5.92 Å². The first kappa shape index (κ1) is 15.3. The van der Waals surface area contributed by atoms with Crippen LogP contribution in [-0.2, 0) is 19.0 Å². The van der Waals surface area contributed by atoms with Crippen molar-refractivity contribution in [2.45, 2.75) is 52.2 Å². The molecule has 0 aromatic carbocycles. The summed E-state index contributed by atoms with van der Waals surface area (Å²) in [7, 11) is 0. The van der Waals surface area contributed by atoms with Crippen LogP contribution < -0.4 is 0 Å². The number of nitrogens with zero attached hydrogens (tertiary/aromatic N) is 1. The summed E-state index contributed by atoms with van der Waals surface area (Å²) >= 11 is 0. The van der Waals surface area contributed by atoms with Crippen molar-refractivity contribution < 1.29 is 23.8 Å². The van der Waals surface area contributed by atoms with Crippen LogP contribution in [0, 0.1) is 12.3 Å². The van der Waals surface area contributed by atoms with Gasteiger partial charge in [0.2, 0.25) is 6.23 Å². The molecular weight excluding hydrogens is 250 g/mol. The highest BCUT2D eigenvalue weighted by Gasteiger charge is 2.47. The molecule has 6 heteroatoms. The van der Waals surface area contributed by atoms with Crippen molar-refractivity contribution in [1.82, 2.24) is 4.90 Å². The summed E-state index contributed by atoms with van der Waals surface area (Å²) in [6.45, 7) is 8.66. The van der Waals surface area contributed by atoms with Gasteiger partial charge >= 0.3 is 12.1 Å². The van der Waals surface area contributed by atoms with E-state index >= 15 is 0 Å². The topological polar surface area (TPSA) is 65.1 Å². The van der Waals surface area contributed by atoms with Crippen LogP contribution in [0.15, 0.2) is 0 Å². The van der Waals surface area contributed by atoms with Crippen LogP contribution >= 0.6 is 0 Å². The average molecular weight is 269 g/mol. The Labute approximate surface area is 113 Å². The maximum absolute atomic E-state index is 12.1.